The molecule has 0 bridgehead atoms. The van der Waals surface area contributed by atoms with Crippen LogP contribution in [0.5, 0.6) is 0 Å². The lowest BCUT2D eigenvalue weighted by Crippen LogP contribution is -2.23. The van der Waals surface area contributed by atoms with Gasteiger partial charge in [0.15, 0.2) is 5.43 Å². The molecule has 104 valence electrons. The van der Waals surface area contributed by atoms with E-state index in [2.05, 4.69) is 13.8 Å². The molecule has 2 aromatic rings. The maximum absolute atomic E-state index is 12.0. The minimum Gasteiger partial charge on any atom is -0.477 e. The zero-order valence-corrected chi connectivity index (χ0v) is 12.4. The predicted octanol–water partition coefficient (Wildman–Crippen LogP) is 3.01. The molecule has 0 amide bonds. The molecule has 0 fully saturated rings. The molecule has 0 spiro atoms. The summed E-state index contributed by atoms with van der Waals surface area (Å²) in [7, 11) is 0. The van der Waals surface area contributed by atoms with Crippen LogP contribution in [-0.4, -0.2) is 15.6 Å². The van der Waals surface area contributed by atoms with E-state index in [0.717, 1.165) is 17.7 Å². The Kier molecular flexibility index (Phi) is 2.83. The molecule has 5 heteroatoms. The summed E-state index contributed by atoms with van der Waals surface area (Å²) in [6.07, 6.45) is 2.36. The van der Waals surface area contributed by atoms with Gasteiger partial charge in [0, 0.05) is 40.0 Å². The molecule has 1 unspecified atom stereocenters. The van der Waals surface area contributed by atoms with Gasteiger partial charge in [-0.25, -0.2) is 4.79 Å². The second-order valence-electron chi connectivity index (χ2n) is 5.28. The zero-order valence-electron chi connectivity index (χ0n) is 11.6. The van der Waals surface area contributed by atoms with Crippen LogP contribution in [0.25, 0.3) is 11.3 Å². The normalized spacial score (nSPS) is 16.6. The Morgan fingerprint density at radius 2 is 2.15 bits per heavy atom. The number of hydrogen-bond acceptors (Lipinski definition) is 3. The molecule has 20 heavy (non-hydrogen) atoms. The first-order valence-electron chi connectivity index (χ1n) is 6.49. The van der Waals surface area contributed by atoms with E-state index in [0.29, 0.717) is 0 Å². The highest BCUT2D eigenvalue weighted by molar-refractivity contribution is 7.12. The van der Waals surface area contributed by atoms with E-state index >= 15 is 0 Å². The number of aryl methyl sites for hydroxylation is 1. The molecule has 1 atom stereocenters. The summed E-state index contributed by atoms with van der Waals surface area (Å²) in [4.78, 5) is 25.6. The number of pyridine rings is 1. The minimum atomic E-state index is -1.17. The summed E-state index contributed by atoms with van der Waals surface area (Å²) in [6.45, 7) is 6.19. The molecule has 0 radical (unpaired) electrons. The number of carboxylic acid groups (broad SMARTS) is 1. The number of aromatic nitrogens is 1. The highest BCUT2D eigenvalue weighted by atomic mass is 32.1. The van der Waals surface area contributed by atoms with Crippen LogP contribution in [0.2, 0.25) is 0 Å². The van der Waals surface area contributed by atoms with Crippen molar-refractivity contribution in [1.29, 1.82) is 0 Å². The fraction of sp³-hybridized carbons (Fsp3) is 0.333. The summed E-state index contributed by atoms with van der Waals surface area (Å²) in [5, 5.41) is 9.10. The van der Waals surface area contributed by atoms with Crippen LogP contribution in [-0.2, 0) is 6.42 Å². The minimum absolute atomic E-state index is 0.159. The molecule has 0 aliphatic carbocycles. The average Bonchev–Trinajstić information content (AvgIpc) is 2.64. The van der Waals surface area contributed by atoms with Gasteiger partial charge in [-0.1, -0.05) is 0 Å². The average molecular weight is 289 g/mol. The highest BCUT2D eigenvalue weighted by Gasteiger charge is 2.26. The number of fused-ring (bicyclic) bond motifs is 3. The van der Waals surface area contributed by atoms with Crippen LogP contribution in [0.15, 0.2) is 17.1 Å². The van der Waals surface area contributed by atoms with Gasteiger partial charge in [-0.05, 0) is 26.3 Å². The van der Waals surface area contributed by atoms with Gasteiger partial charge in [0.1, 0.15) is 5.56 Å². The van der Waals surface area contributed by atoms with Gasteiger partial charge >= 0.3 is 5.97 Å². The molecular weight excluding hydrogens is 274 g/mol. The number of thiophene rings is 1. The van der Waals surface area contributed by atoms with Crippen LogP contribution < -0.4 is 5.43 Å². The van der Waals surface area contributed by atoms with Crippen molar-refractivity contribution in [2.45, 2.75) is 33.2 Å². The molecule has 3 heterocycles. The largest absolute Gasteiger partial charge is 0.477 e. The molecule has 1 N–H and O–H groups in total. The standard InChI is InChI=1S/C15H15NO3S/c1-7-4-13-14(8(2)9(3)20-13)11-5-12(17)10(15(18)19)6-16(7)11/h5-7H,4H2,1-3H3,(H,18,19). The van der Waals surface area contributed by atoms with Gasteiger partial charge in [0.05, 0.1) is 5.69 Å². The second-order valence-corrected chi connectivity index (χ2v) is 6.59. The number of rotatable bonds is 1. The first kappa shape index (κ1) is 13.1. The third kappa shape index (κ3) is 1.73. The van der Waals surface area contributed by atoms with E-state index in [4.69, 9.17) is 5.11 Å². The van der Waals surface area contributed by atoms with Crippen LogP contribution in [0, 0.1) is 13.8 Å². The van der Waals surface area contributed by atoms with E-state index in [1.54, 1.807) is 11.3 Å². The molecule has 2 aromatic heterocycles. The van der Waals surface area contributed by atoms with E-state index in [1.807, 2.05) is 11.5 Å². The summed E-state index contributed by atoms with van der Waals surface area (Å²) in [5.74, 6) is -1.17. The van der Waals surface area contributed by atoms with Crippen molar-refractivity contribution in [3.05, 3.63) is 43.4 Å². The summed E-state index contributed by atoms with van der Waals surface area (Å²) >= 11 is 1.77. The van der Waals surface area contributed by atoms with Crippen molar-refractivity contribution < 1.29 is 9.90 Å². The third-order valence-corrected chi connectivity index (χ3v) is 5.21. The van der Waals surface area contributed by atoms with Crippen molar-refractivity contribution in [2.75, 3.05) is 0 Å². The quantitative estimate of drug-likeness (QED) is 0.878. The second kappa shape index (κ2) is 4.31. The maximum Gasteiger partial charge on any atom is 0.341 e. The molecule has 0 aromatic carbocycles. The molecule has 1 aliphatic heterocycles. The third-order valence-electron chi connectivity index (χ3n) is 3.98. The molecule has 3 rings (SSSR count). The Labute approximate surface area is 120 Å². The van der Waals surface area contributed by atoms with Gasteiger partial charge in [-0.2, -0.15) is 0 Å². The highest BCUT2D eigenvalue weighted by Crippen LogP contribution is 2.41. The van der Waals surface area contributed by atoms with Gasteiger partial charge in [-0.3, -0.25) is 4.79 Å². The van der Waals surface area contributed by atoms with Crippen molar-refractivity contribution in [3.8, 4) is 11.3 Å². The van der Waals surface area contributed by atoms with E-state index in [1.165, 1.54) is 27.6 Å². The van der Waals surface area contributed by atoms with E-state index in [-0.39, 0.29) is 11.6 Å². The smallest absolute Gasteiger partial charge is 0.341 e. The van der Waals surface area contributed by atoms with Crippen LogP contribution in [0.4, 0.5) is 0 Å². The molecule has 0 saturated heterocycles. The van der Waals surface area contributed by atoms with E-state index < -0.39 is 11.4 Å². The fourth-order valence-corrected chi connectivity index (χ4v) is 4.13. The lowest BCUT2D eigenvalue weighted by Gasteiger charge is -2.26. The molecule has 1 aliphatic rings. The van der Waals surface area contributed by atoms with Gasteiger partial charge in [-0.15, -0.1) is 11.3 Å². The monoisotopic (exact) mass is 289 g/mol. The van der Waals surface area contributed by atoms with Crippen LogP contribution >= 0.6 is 11.3 Å². The number of carbonyl (C=O) groups is 1. The summed E-state index contributed by atoms with van der Waals surface area (Å²) < 4.78 is 1.92. The lowest BCUT2D eigenvalue weighted by atomic mass is 9.96. The Bertz CT molecular complexity index is 785. The Balaban J connectivity index is 2.35. The Morgan fingerprint density at radius 3 is 2.80 bits per heavy atom. The first-order chi connectivity index (χ1) is 9.40. The van der Waals surface area contributed by atoms with Gasteiger partial charge in [0.2, 0.25) is 0 Å². The number of nitrogens with zero attached hydrogens (tertiary/aromatic N) is 1. The van der Waals surface area contributed by atoms with Crippen LogP contribution in [0.1, 0.15) is 38.6 Å². The predicted molar refractivity (Wildman–Crippen MR) is 78.9 cm³/mol. The Morgan fingerprint density at radius 1 is 1.45 bits per heavy atom. The first-order valence-corrected chi connectivity index (χ1v) is 7.30. The maximum atomic E-state index is 12.0. The van der Waals surface area contributed by atoms with Crippen LogP contribution in [0.3, 0.4) is 0 Å². The summed E-state index contributed by atoms with van der Waals surface area (Å²) in [5.41, 5.74) is 2.56. The zero-order chi connectivity index (χ0) is 14.6. The topological polar surface area (TPSA) is 59.3 Å². The summed E-state index contributed by atoms with van der Waals surface area (Å²) in [6, 6.07) is 1.63. The SMILES string of the molecule is Cc1sc2c(c1C)-c1cc(=O)c(C(=O)O)cn1C(C)C2. The van der Waals surface area contributed by atoms with Crippen molar-refractivity contribution in [1.82, 2.24) is 4.57 Å². The number of carboxylic acids is 1. The lowest BCUT2D eigenvalue weighted by molar-refractivity contribution is 0.0694. The molecular formula is C15H15NO3S. The van der Waals surface area contributed by atoms with E-state index in [9.17, 15) is 9.59 Å². The fourth-order valence-electron chi connectivity index (χ4n) is 2.82. The Hall–Kier alpha value is -1.88. The van der Waals surface area contributed by atoms with Crippen molar-refractivity contribution in [2.24, 2.45) is 0 Å². The molecule has 0 saturated carbocycles. The van der Waals surface area contributed by atoms with Gasteiger partial charge < -0.3 is 9.67 Å². The number of aromatic carboxylic acids is 1. The van der Waals surface area contributed by atoms with Crippen molar-refractivity contribution >= 4 is 17.3 Å². The molecule has 4 nitrogen and oxygen atoms in total. The van der Waals surface area contributed by atoms with Gasteiger partial charge in [0.25, 0.3) is 0 Å². The van der Waals surface area contributed by atoms with Crippen molar-refractivity contribution in [3.63, 3.8) is 0 Å². The number of hydrogen-bond donors (Lipinski definition) is 1.